The van der Waals surface area contributed by atoms with Gasteiger partial charge in [0, 0.05) is 5.69 Å². The van der Waals surface area contributed by atoms with Gasteiger partial charge in [-0.3, -0.25) is 0 Å². The molecule has 1 heterocycles. The average Bonchev–Trinajstić information content (AvgIpc) is 2.49. The summed E-state index contributed by atoms with van der Waals surface area (Å²) in [5, 5.41) is 3.71. The van der Waals surface area contributed by atoms with Gasteiger partial charge in [-0.1, -0.05) is 71.7 Å². The number of rotatable bonds is 3. The first kappa shape index (κ1) is 13.9. The van der Waals surface area contributed by atoms with Crippen molar-refractivity contribution < 1.29 is 0 Å². The summed E-state index contributed by atoms with van der Waals surface area (Å²) in [4.78, 5) is 8.53. The molecule has 21 heavy (non-hydrogen) atoms. The Kier molecular flexibility index (Phi) is 4.04. The monoisotopic (exact) mass is 315 g/mol. The van der Waals surface area contributed by atoms with Crippen molar-refractivity contribution in [2.45, 2.75) is 0 Å². The molecule has 0 bridgehead atoms. The number of aromatic nitrogens is 2. The second kappa shape index (κ2) is 6.12. The van der Waals surface area contributed by atoms with Crippen LogP contribution in [0.3, 0.4) is 0 Å². The van der Waals surface area contributed by atoms with Crippen molar-refractivity contribution in [2.24, 2.45) is 0 Å². The van der Waals surface area contributed by atoms with E-state index in [0.717, 1.165) is 11.3 Å². The van der Waals surface area contributed by atoms with Crippen LogP contribution in [0, 0.1) is 0 Å². The first-order valence-corrected chi connectivity index (χ1v) is 7.10. The number of para-hydroxylation sites is 1. The smallest absolute Gasteiger partial charge is 0.230 e. The molecule has 0 aliphatic rings. The van der Waals surface area contributed by atoms with E-state index < -0.39 is 0 Å². The van der Waals surface area contributed by atoms with Gasteiger partial charge in [-0.15, -0.1) is 0 Å². The van der Waals surface area contributed by atoms with Crippen LogP contribution in [0.25, 0.3) is 11.1 Å². The molecule has 0 radical (unpaired) electrons. The Labute approximate surface area is 132 Å². The number of hydrogen-bond acceptors (Lipinski definition) is 3. The number of benzene rings is 2. The molecule has 0 unspecified atom stereocenters. The molecule has 0 saturated heterocycles. The number of hydrogen-bond donors (Lipinski definition) is 1. The molecule has 0 fully saturated rings. The normalized spacial score (nSPS) is 10.4. The van der Waals surface area contributed by atoms with E-state index >= 15 is 0 Å². The van der Waals surface area contributed by atoms with Gasteiger partial charge in [0.1, 0.15) is 10.3 Å². The predicted octanol–water partition coefficient (Wildman–Crippen LogP) is 5.19. The van der Waals surface area contributed by atoms with E-state index in [1.165, 1.54) is 0 Å². The summed E-state index contributed by atoms with van der Waals surface area (Å²) >= 11 is 12.5. The van der Waals surface area contributed by atoms with Gasteiger partial charge in [-0.25, -0.2) is 9.97 Å². The lowest BCUT2D eigenvalue weighted by atomic mass is 10.1. The van der Waals surface area contributed by atoms with Gasteiger partial charge in [0.15, 0.2) is 0 Å². The highest BCUT2D eigenvalue weighted by Crippen LogP contribution is 2.33. The molecular formula is C16H11Cl2N3. The highest BCUT2D eigenvalue weighted by molar-refractivity contribution is 6.37. The lowest BCUT2D eigenvalue weighted by Crippen LogP contribution is -1.99. The van der Waals surface area contributed by atoms with Crippen LogP contribution in [-0.2, 0) is 0 Å². The molecule has 0 aliphatic heterocycles. The second-order valence-electron chi connectivity index (χ2n) is 4.36. The molecule has 0 saturated carbocycles. The minimum atomic E-state index is 0.319. The highest BCUT2D eigenvalue weighted by Gasteiger charge is 2.13. The van der Waals surface area contributed by atoms with Crippen molar-refractivity contribution >= 4 is 34.8 Å². The van der Waals surface area contributed by atoms with E-state index in [9.17, 15) is 0 Å². The third kappa shape index (κ3) is 3.15. The molecule has 0 spiro atoms. The van der Waals surface area contributed by atoms with E-state index in [1.807, 2.05) is 60.7 Å². The van der Waals surface area contributed by atoms with Crippen LogP contribution in [0.2, 0.25) is 10.3 Å². The zero-order valence-corrected chi connectivity index (χ0v) is 12.4. The Balaban J connectivity index is 1.97. The highest BCUT2D eigenvalue weighted by atomic mass is 35.5. The fourth-order valence-corrected chi connectivity index (χ4v) is 2.56. The summed E-state index contributed by atoms with van der Waals surface area (Å²) in [7, 11) is 0. The lowest BCUT2D eigenvalue weighted by molar-refractivity contribution is 1.17. The number of halogens is 2. The van der Waals surface area contributed by atoms with Crippen LogP contribution in [0.5, 0.6) is 0 Å². The molecule has 5 heteroatoms. The van der Waals surface area contributed by atoms with Crippen molar-refractivity contribution in [1.82, 2.24) is 9.97 Å². The fourth-order valence-electron chi connectivity index (χ4n) is 1.96. The molecule has 3 nitrogen and oxygen atoms in total. The molecule has 0 amide bonds. The summed E-state index contributed by atoms with van der Waals surface area (Å²) in [5.41, 5.74) is 2.40. The van der Waals surface area contributed by atoms with Crippen molar-refractivity contribution in [2.75, 3.05) is 5.32 Å². The maximum atomic E-state index is 6.26. The summed E-state index contributed by atoms with van der Waals surface area (Å²) in [5.74, 6) is 0.371. The van der Waals surface area contributed by atoms with Gasteiger partial charge in [0.25, 0.3) is 0 Å². The van der Waals surface area contributed by atoms with Crippen molar-refractivity contribution in [3.05, 3.63) is 71.0 Å². The Morgan fingerprint density at radius 3 is 1.81 bits per heavy atom. The molecule has 1 aromatic heterocycles. The number of nitrogens with zero attached hydrogens (tertiary/aromatic N) is 2. The molecular weight excluding hydrogens is 305 g/mol. The molecule has 3 rings (SSSR count). The van der Waals surface area contributed by atoms with Gasteiger partial charge in [0.05, 0.1) is 5.56 Å². The zero-order chi connectivity index (χ0) is 14.7. The summed E-state index contributed by atoms with van der Waals surface area (Å²) in [6.45, 7) is 0. The Bertz CT molecular complexity index is 723. The summed E-state index contributed by atoms with van der Waals surface area (Å²) in [6, 6.07) is 19.2. The van der Waals surface area contributed by atoms with Gasteiger partial charge in [0.2, 0.25) is 5.95 Å². The SMILES string of the molecule is Clc1nc(Nc2ccccc2)nc(Cl)c1-c1ccccc1. The van der Waals surface area contributed by atoms with E-state index in [2.05, 4.69) is 15.3 Å². The quantitative estimate of drug-likeness (QED) is 0.675. The lowest BCUT2D eigenvalue weighted by Gasteiger charge is -2.09. The standard InChI is InChI=1S/C16H11Cl2N3/c17-14-13(11-7-3-1-4-8-11)15(18)21-16(20-14)19-12-9-5-2-6-10-12/h1-10H,(H,19,20,21). The van der Waals surface area contributed by atoms with Crippen LogP contribution >= 0.6 is 23.2 Å². The van der Waals surface area contributed by atoms with E-state index in [0.29, 0.717) is 21.8 Å². The maximum Gasteiger partial charge on any atom is 0.230 e. The van der Waals surface area contributed by atoms with Gasteiger partial charge in [-0.2, -0.15) is 0 Å². The molecule has 2 aromatic carbocycles. The Morgan fingerprint density at radius 2 is 1.24 bits per heavy atom. The third-order valence-corrected chi connectivity index (χ3v) is 3.46. The third-order valence-electron chi connectivity index (χ3n) is 2.91. The minimum absolute atomic E-state index is 0.319. The maximum absolute atomic E-state index is 6.26. The predicted molar refractivity (Wildman–Crippen MR) is 87.2 cm³/mol. The van der Waals surface area contributed by atoms with E-state index in [1.54, 1.807) is 0 Å². The van der Waals surface area contributed by atoms with E-state index in [4.69, 9.17) is 23.2 Å². The van der Waals surface area contributed by atoms with Crippen LogP contribution in [0.15, 0.2) is 60.7 Å². The van der Waals surface area contributed by atoms with Crippen molar-refractivity contribution in [3.8, 4) is 11.1 Å². The van der Waals surface area contributed by atoms with Crippen molar-refractivity contribution in [1.29, 1.82) is 0 Å². The van der Waals surface area contributed by atoms with Crippen molar-refractivity contribution in [3.63, 3.8) is 0 Å². The number of nitrogens with one attached hydrogen (secondary N) is 1. The average molecular weight is 316 g/mol. The first-order chi connectivity index (χ1) is 10.2. The first-order valence-electron chi connectivity index (χ1n) is 6.34. The fraction of sp³-hybridized carbons (Fsp3) is 0. The molecule has 0 aliphatic carbocycles. The molecule has 104 valence electrons. The zero-order valence-electron chi connectivity index (χ0n) is 10.9. The van der Waals surface area contributed by atoms with Crippen LogP contribution < -0.4 is 5.32 Å². The Morgan fingerprint density at radius 1 is 0.714 bits per heavy atom. The summed E-state index contributed by atoms with van der Waals surface area (Å²) in [6.07, 6.45) is 0. The van der Waals surface area contributed by atoms with Gasteiger partial charge < -0.3 is 5.32 Å². The Hall–Kier alpha value is -2.10. The second-order valence-corrected chi connectivity index (χ2v) is 5.08. The number of anilines is 2. The van der Waals surface area contributed by atoms with E-state index in [-0.39, 0.29) is 0 Å². The largest absolute Gasteiger partial charge is 0.324 e. The topological polar surface area (TPSA) is 37.8 Å². The van der Waals surface area contributed by atoms with Gasteiger partial charge >= 0.3 is 0 Å². The van der Waals surface area contributed by atoms with Crippen LogP contribution in [0.4, 0.5) is 11.6 Å². The molecule has 3 aromatic rings. The van der Waals surface area contributed by atoms with Gasteiger partial charge in [-0.05, 0) is 17.7 Å². The molecule has 0 atom stereocenters. The summed E-state index contributed by atoms with van der Waals surface area (Å²) < 4.78 is 0. The van der Waals surface area contributed by atoms with Crippen LogP contribution in [-0.4, -0.2) is 9.97 Å². The molecule has 1 N–H and O–H groups in total. The van der Waals surface area contributed by atoms with Crippen LogP contribution in [0.1, 0.15) is 0 Å². The minimum Gasteiger partial charge on any atom is -0.324 e.